The van der Waals surface area contributed by atoms with Gasteiger partial charge in [-0.3, -0.25) is 0 Å². The second-order valence-corrected chi connectivity index (χ2v) is 5.43. The van der Waals surface area contributed by atoms with Crippen molar-refractivity contribution in [1.29, 1.82) is 0 Å². The first kappa shape index (κ1) is 14.6. The Morgan fingerprint density at radius 2 is 1.76 bits per heavy atom. The highest BCUT2D eigenvalue weighted by molar-refractivity contribution is 6.37. The SMILES string of the molecule is COc1c(Cl)cc(CC(C)CC(C)N)cc1Cl. The molecule has 0 aliphatic heterocycles. The molecule has 0 saturated heterocycles. The van der Waals surface area contributed by atoms with Crippen LogP contribution < -0.4 is 10.5 Å². The zero-order valence-corrected chi connectivity index (χ0v) is 12.0. The predicted molar refractivity (Wildman–Crippen MR) is 74.1 cm³/mol. The normalized spacial score (nSPS) is 14.5. The number of nitrogens with two attached hydrogens (primary N) is 1. The van der Waals surface area contributed by atoms with Crippen molar-refractivity contribution in [3.63, 3.8) is 0 Å². The maximum absolute atomic E-state index is 6.09. The Kier molecular flexibility index (Phi) is 5.57. The highest BCUT2D eigenvalue weighted by atomic mass is 35.5. The molecule has 0 aliphatic rings. The highest BCUT2D eigenvalue weighted by Gasteiger charge is 2.11. The smallest absolute Gasteiger partial charge is 0.156 e. The summed E-state index contributed by atoms with van der Waals surface area (Å²) in [6, 6.07) is 4.03. The Balaban J connectivity index is 2.79. The van der Waals surface area contributed by atoms with Crippen LogP contribution in [0.15, 0.2) is 12.1 Å². The van der Waals surface area contributed by atoms with E-state index in [0.717, 1.165) is 18.4 Å². The second-order valence-electron chi connectivity index (χ2n) is 4.61. The Morgan fingerprint density at radius 3 is 2.18 bits per heavy atom. The first-order chi connectivity index (χ1) is 7.93. The molecule has 96 valence electrons. The molecule has 4 heteroatoms. The fraction of sp³-hybridized carbons (Fsp3) is 0.538. The zero-order chi connectivity index (χ0) is 13.0. The lowest BCUT2D eigenvalue weighted by Crippen LogP contribution is -2.19. The van der Waals surface area contributed by atoms with E-state index in [9.17, 15) is 0 Å². The van der Waals surface area contributed by atoms with Gasteiger partial charge >= 0.3 is 0 Å². The first-order valence-corrected chi connectivity index (χ1v) is 6.47. The van der Waals surface area contributed by atoms with Crippen molar-refractivity contribution in [1.82, 2.24) is 0 Å². The molecule has 2 atom stereocenters. The van der Waals surface area contributed by atoms with Crippen molar-refractivity contribution < 1.29 is 4.74 Å². The van der Waals surface area contributed by atoms with Crippen LogP contribution in [0.25, 0.3) is 0 Å². The van der Waals surface area contributed by atoms with E-state index in [1.54, 1.807) is 7.11 Å². The minimum atomic E-state index is 0.217. The number of halogens is 2. The molecule has 17 heavy (non-hydrogen) atoms. The predicted octanol–water partition coefficient (Wildman–Crippen LogP) is 3.92. The third kappa shape index (κ3) is 4.38. The van der Waals surface area contributed by atoms with E-state index in [1.165, 1.54) is 0 Å². The monoisotopic (exact) mass is 275 g/mol. The summed E-state index contributed by atoms with van der Waals surface area (Å²) in [7, 11) is 1.56. The lowest BCUT2D eigenvalue weighted by Gasteiger charge is -2.15. The molecular weight excluding hydrogens is 257 g/mol. The van der Waals surface area contributed by atoms with Gasteiger partial charge < -0.3 is 10.5 Å². The minimum Gasteiger partial charge on any atom is -0.494 e. The molecule has 0 radical (unpaired) electrons. The summed E-state index contributed by atoms with van der Waals surface area (Å²) < 4.78 is 5.12. The quantitative estimate of drug-likeness (QED) is 0.884. The lowest BCUT2D eigenvalue weighted by molar-refractivity contribution is 0.414. The molecule has 1 aromatic carbocycles. The van der Waals surface area contributed by atoms with E-state index in [4.69, 9.17) is 33.7 Å². The summed E-state index contributed by atoms with van der Waals surface area (Å²) in [6.45, 7) is 4.19. The van der Waals surface area contributed by atoms with E-state index in [1.807, 2.05) is 19.1 Å². The molecule has 0 saturated carbocycles. The third-order valence-corrected chi connectivity index (χ3v) is 3.18. The van der Waals surface area contributed by atoms with E-state index in [2.05, 4.69) is 6.92 Å². The summed E-state index contributed by atoms with van der Waals surface area (Å²) in [5.41, 5.74) is 6.90. The molecule has 1 aromatic rings. The van der Waals surface area contributed by atoms with Gasteiger partial charge in [0.05, 0.1) is 17.2 Å². The van der Waals surface area contributed by atoms with Gasteiger partial charge in [0.2, 0.25) is 0 Å². The fourth-order valence-electron chi connectivity index (χ4n) is 2.05. The van der Waals surface area contributed by atoms with E-state index in [0.29, 0.717) is 21.7 Å². The van der Waals surface area contributed by atoms with Crippen molar-refractivity contribution in [3.05, 3.63) is 27.7 Å². The van der Waals surface area contributed by atoms with Crippen LogP contribution >= 0.6 is 23.2 Å². The van der Waals surface area contributed by atoms with Crippen LogP contribution in [0.4, 0.5) is 0 Å². The number of hydrogen-bond donors (Lipinski definition) is 1. The van der Waals surface area contributed by atoms with Gasteiger partial charge in [-0.05, 0) is 43.4 Å². The van der Waals surface area contributed by atoms with Crippen molar-refractivity contribution in [2.45, 2.75) is 32.7 Å². The third-order valence-electron chi connectivity index (χ3n) is 2.62. The zero-order valence-electron chi connectivity index (χ0n) is 10.5. The molecule has 0 fully saturated rings. The molecule has 2 N–H and O–H groups in total. The molecular formula is C13H19Cl2NO. The van der Waals surface area contributed by atoms with Crippen molar-refractivity contribution in [3.8, 4) is 5.75 Å². The molecule has 0 heterocycles. The van der Waals surface area contributed by atoms with Gasteiger partial charge in [0.15, 0.2) is 5.75 Å². The van der Waals surface area contributed by atoms with Gasteiger partial charge in [0.25, 0.3) is 0 Å². The molecule has 0 aromatic heterocycles. The lowest BCUT2D eigenvalue weighted by atomic mass is 9.95. The van der Waals surface area contributed by atoms with Crippen molar-refractivity contribution in [2.75, 3.05) is 7.11 Å². The molecule has 2 unspecified atom stereocenters. The number of methoxy groups -OCH3 is 1. The van der Waals surface area contributed by atoms with Gasteiger partial charge in [0, 0.05) is 6.04 Å². The maximum atomic E-state index is 6.09. The van der Waals surface area contributed by atoms with Gasteiger partial charge in [-0.25, -0.2) is 0 Å². The maximum Gasteiger partial charge on any atom is 0.156 e. The van der Waals surface area contributed by atoms with Gasteiger partial charge in [-0.15, -0.1) is 0 Å². The number of ether oxygens (including phenoxy) is 1. The van der Waals surface area contributed by atoms with E-state index >= 15 is 0 Å². The number of benzene rings is 1. The minimum absolute atomic E-state index is 0.217. The Morgan fingerprint density at radius 1 is 1.24 bits per heavy atom. The Bertz CT molecular complexity index is 357. The van der Waals surface area contributed by atoms with Crippen molar-refractivity contribution >= 4 is 23.2 Å². The fourth-order valence-corrected chi connectivity index (χ4v) is 2.73. The molecule has 0 bridgehead atoms. The van der Waals surface area contributed by atoms with Gasteiger partial charge in [-0.1, -0.05) is 30.1 Å². The molecule has 0 spiro atoms. The second kappa shape index (κ2) is 6.48. The Labute approximate surface area is 113 Å². The first-order valence-electron chi connectivity index (χ1n) is 5.71. The molecule has 0 aliphatic carbocycles. The van der Waals surface area contributed by atoms with Crippen LogP contribution in [0, 0.1) is 5.92 Å². The number of hydrogen-bond acceptors (Lipinski definition) is 2. The average molecular weight is 276 g/mol. The van der Waals surface area contributed by atoms with Crippen LogP contribution in [0.3, 0.4) is 0 Å². The Hall–Kier alpha value is -0.440. The topological polar surface area (TPSA) is 35.2 Å². The summed E-state index contributed by atoms with van der Waals surface area (Å²) >= 11 is 12.2. The average Bonchev–Trinajstić information content (AvgIpc) is 2.15. The standard InChI is InChI=1S/C13H19Cl2NO/c1-8(4-9(2)16)5-10-6-11(14)13(17-3)12(15)7-10/h6-9H,4-5,16H2,1-3H3. The summed E-state index contributed by atoms with van der Waals surface area (Å²) in [5.74, 6) is 1.05. The summed E-state index contributed by atoms with van der Waals surface area (Å²) in [4.78, 5) is 0. The van der Waals surface area contributed by atoms with Gasteiger partial charge in [-0.2, -0.15) is 0 Å². The summed E-state index contributed by atoms with van der Waals surface area (Å²) in [5, 5.41) is 1.12. The van der Waals surface area contributed by atoms with Crippen LogP contribution in [-0.4, -0.2) is 13.2 Å². The van der Waals surface area contributed by atoms with E-state index < -0.39 is 0 Å². The molecule has 2 nitrogen and oxygen atoms in total. The van der Waals surface area contributed by atoms with E-state index in [-0.39, 0.29) is 6.04 Å². The number of rotatable bonds is 5. The van der Waals surface area contributed by atoms with Crippen molar-refractivity contribution in [2.24, 2.45) is 11.7 Å². The summed E-state index contributed by atoms with van der Waals surface area (Å²) in [6.07, 6.45) is 1.91. The molecule has 0 amide bonds. The molecule has 1 rings (SSSR count). The highest BCUT2D eigenvalue weighted by Crippen LogP contribution is 2.34. The van der Waals surface area contributed by atoms with Crippen LogP contribution in [0.1, 0.15) is 25.8 Å². The van der Waals surface area contributed by atoms with Crippen LogP contribution in [-0.2, 0) is 6.42 Å². The largest absolute Gasteiger partial charge is 0.494 e. The van der Waals surface area contributed by atoms with Gasteiger partial charge in [0.1, 0.15) is 0 Å². The van der Waals surface area contributed by atoms with Crippen LogP contribution in [0.5, 0.6) is 5.75 Å². The van der Waals surface area contributed by atoms with Crippen LogP contribution in [0.2, 0.25) is 10.0 Å².